The molecule has 0 fully saturated rings. The van der Waals surface area contributed by atoms with Crippen LogP contribution in [0.2, 0.25) is 0 Å². The number of hydrazone groups is 1. The second-order valence-electron chi connectivity index (χ2n) is 6.53. The highest BCUT2D eigenvalue weighted by Gasteiger charge is 2.43. The molecule has 5 heteroatoms. The summed E-state index contributed by atoms with van der Waals surface area (Å²) in [6, 6.07) is 16.7. The van der Waals surface area contributed by atoms with Crippen molar-refractivity contribution in [3.8, 4) is 0 Å². The summed E-state index contributed by atoms with van der Waals surface area (Å²) in [4.78, 5) is 10.5. The highest BCUT2D eigenvalue weighted by Crippen LogP contribution is 2.30. The van der Waals surface area contributed by atoms with E-state index in [0.717, 1.165) is 22.6 Å². The third-order valence-electron chi connectivity index (χ3n) is 4.39. The fraction of sp³-hybridized carbons (Fsp3) is 0.200. The molecule has 0 saturated carbocycles. The molecule has 2 aromatic carbocycles. The maximum absolute atomic E-state index is 10.9. The van der Waals surface area contributed by atoms with Gasteiger partial charge in [0, 0.05) is 23.8 Å². The molecule has 0 saturated heterocycles. The monoisotopic (exact) mass is 334 g/mol. The molecule has 0 bridgehead atoms. The molecule has 0 amide bonds. The lowest BCUT2D eigenvalue weighted by molar-refractivity contribution is -0.499. The number of hydrogen-bond acceptors (Lipinski definition) is 3. The predicted molar refractivity (Wildman–Crippen MR) is 100 cm³/mol. The number of allylic oxidation sites excluding steroid dienone is 1. The van der Waals surface area contributed by atoms with Gasteiger partial charge in [-0.2, -0.15) is 0 Å². The van der Waals surface area contributed by atoms with Crippen LogP contribution in [-0.2, 0) is 0 Å². The first kappa shape index (κ1) is 16.8. The van der Waals surface area contributed by atoms with Crippen LogP contribution in [0.15, 0.2) is 65.8 Å². The predicted octanol–water partition coefficient (Wildman–Crippen LogP) is 4.14. The van der Waals surface area contributed by atoms with Gasteiger partial charge in [0.1, 0.15) is 11.1 Å². The average molecular weight is 334 g/mol. The molecule has 0 atom stereocenters. The summed E-state index contributed by atoms with van der Waals surface area (Å²) in [5.41, 5.74) is 3.77. The first-order chi connectivity index (χ1) is 11.9. The molecular weight excluding hydrogens is 314 g/mol. The van der Waals surface area contributed by atoms with E-state index in [1.54, 1.807) is 12.1 Å². The van der Waals surface area contributed by atoms with E-state index in [-0.39, 0.29) is 16.0 Å². The van der Waals surface area contributed by atoms with Crippen molar-refractivity contribution in [3.63, 3.8) is 0 Å². The number of nitro benzene ring substituents is 1. The summed E-state index contributed by atoms with van der Waals surface area (Å²) >= 11 is 0. The highest BCUT2D eigenvalue weighted by molar-refractivity contribution is 6.21. The van der Waals surface area contributed by atoms with Gasteiger partial charge >= 0.3 is 0 Å². The Kier molecular flexibility index (Phi) is 4.31. The Morgan fingerprint density at radius 2 is 1.80 bits per heavy atom. The van der Waals surface area contributed by atoms with Crippen LogP contribution >= 0.6 is 0 Å². The van der Waals surface area contributed by atoms with Crippen molar-refractivity contribution in [1.29, 1.82) is 0 Å². The Balaban J connectivity index is 1.90. The van der Waals surface area contributed by atoms with Crippen molar-refractivity contribution in [2.24, 2.45) is 10.5 Å². The number of benzene rings is 2. The molecule has 0 aromatic heterocycles. The lowest BCUT2D eigenvalue weighted by Crippen LogP contribution is -2.30. The maximum Gasteiger partial charge on any atom is 0.270 e. The van der Waals surface area contributed by atoms with Gasteiger partial charge in [-0.05, 0) is 30.6 Å². The van der Waals surface area contributed by atoms with E-state index in [1.807, 2.05) is 48.1 Å². The Labute approximate surface area is 146 Å². The first-order valence-electron chi connectivity index (χ1n) is 8.08. The van der Waals surface area contributed by atoms with E-state index < -0.39 is 0 Å². The fourth-order valence-corrected chi connectivity index (χ4v) is 3.10. The van der Waals surface area contributed by atoms with Crippen LogP contribution < -0.4 is 0 Å². The molecule has 1 heterocycles. The van der Waals surface area contributed by atoms with Crippen LogP contribution in [0.5, 0.6) is 0 Å². The molecule has 2 aromatic rings. The summed E-state index contributed by atoms with van der Waals surface area (Å²) in [5, 5.41) is 15.6. The van der Waals surface area contributed by atoms with Gasteiger partial charge in [0.25, 0.3) is 5.69 Å². The zero-order chi connectivity index (χ0) is 18.0. The minimum Gasteiger partial charge on any atom is -0.258 e. The Bertz CT molecular complexity index is 910. The zero-order valence-electron chi connectivity index (χ0n) is 14.5. The smallest absolute Gasteiger partial charge is 0.258 e. The lowest BCUT2D eigenvalue weighted by Gasteiger charge is -2.16. The van der Waals surface area contributed by atoms with E-state index in [1.165, 1.54) is 6.07 Å². The summed E-state index contributed by atoms with van der Waals surface area (Å²) in [6.45, 7) is 4.27. The SMILES string of the molecule is C[N+]1=C(/C=C/c2cccc([N+](=O)[O-])c2)C(C)(C)C(c2ccccc2)=N1. The summed E-state index contributed by atoms with van der Waals surface area (Å²) in [5.74, 6) is 0. The first-order valence-corrected chi connectivity index (χ1v) is 8.08. The maximum atomic E-state index is 10.9. The number of nitro groups is 1. The zero-order valence-corrected chi connectivity index (χ0v) is 14.5. The molecule has 0 spiro atoms. The molecule has 0 radical (unpaired) electrons. The van der Waals surface area contributed by atoms with Crippen molar-refractivity contribution < 1.29 is 9.61 Å². The summed E-state index contributed by atoms with van der Waals surface area (Å²) < 4.78 is 1.87. The summed E-state index contributed by atoms with van der Waals surface area (Å²) in [6.07, 6.45) is 3.88. The Morgan fingerprint density at radius 3 is 2.48 bits per heavy atom. The van der Waals surface area contributed by atoms with Crippen LogP contribution in [0.25, 0.3) is 6.08 Å². The second-order valence-corrected chi connectivity index (χ2v) is 6.53. The van der Waals surface area contributed by atoms with Crippen molar-refractivity contribution >= 4 is 23.2 Å². The number of non-ortho nitro benzene ring substituents is 1. The van der Waals surface area contributed by atoms with Crippen molar-refractivity contribution in [3.05, 3.63) is 81.9 Å². The topological polar surface area (TPSA) is 58.5 Å². The largest absolute Gasteiger partial charge is 0.270 e. The van der Waals surface area contributed by atoms with E-state index in [2.05, 4.69) is 26.0 Å². The molecule has 1 aliphatic heterocycles. The van der Waals surface area contributed by atoms with E-state index >= 15 is 0 Å². The minimum atomic E-state index is -0.382. The third kappa shape index (κ3) is 3.26. The number of nitrogens with zero attached hydrogens (tertiary/aromatic N) is 3. The van der Waals surface area contributed by atoms with Gasteiger partial charge in [-0.15, -0.1) is 0 Å². The molecule has 25 heavy (non-hydrogen) atoms. The van der Waals surface area contributed by atoms with Gasteiger partial charge in [-0.1, -0.05) is 47.1 Å². The van der Waals surface area contributed by atoms with E-state index in [4.69, 9.17) is 5.10 Å². The van der Waals surface area contributed by atoms with E-state index in [0.29, 0.717) is 0 Å². The molecule has 126 valence electrons. The fourth-order valence-electron chi connectivity index (χ4n) is 3.10. The van der Waals surface area contributed by atoms with Gasteiger partial charge in [-0.3, -0.25) is 10.1 Å². The van der Waals surface area contributed by atoms with Gasteiger partial charge in [0.15, 0.2) is 7.05 Å². The minimum absolute atomic E-state index is 0.0902. The van der Waals surface area contributed by atoms with Crippen LogP contribution in [0, 0.1) is 15.5 Å². The summed E-state index contributed by atoms with van der Waals surface area (Å²) in [7, 11) is 1.92. The van der Waals surface area contributed by atoms with Gasteiger partial charge in [0.2, 0.25) is 5.71 Å². The van der Waals surface area contributed by atoms with Crippen LogP contribution in [0.3, 0.4) is 0 Å². The second kappa shape index (κ2) is 6.43. The van der Waals surface area contributed by atoms with Crippen molar-refractivity contribution in [2.75, 3.05) is 7.05 Å². The van der Waals surface area contributed by atoms with Crippen molar-refractivity contribution in [2.45, 2.75) is 13.8 Å². The van der Waals surface area contributed by atoms with Gasteiger partial charge < -0.3 is 0 Å². The molecule has 5 nitrogen and oxygen atoms in total. The normalized spacial score (nSPS) is 16.4. The molecule has 0 N–H and O–H groups in total. The molecule has 3 rings (SSSR count). The van der Waals surface area contributed by atoms with Crippen LogP contribution in [0.1, 0.15) is 25.0 Å². The van der Waals surface area contributed by atoms with Crippen LogP contribution in [0.4, 0.5) is 5.69 Å². The molecular formula is C20H20N3O2+. The van der Waals surface area contributed by atoms with Crippen LogP contribution in [-0.4, -0.2) is 28.1 Å². The highest BCUT2D eigenvalue weighted by atomic mass is 16.6. The standard InChI is InChI=1S/C20H20N3O2/c1-20(2)18(13-12-15-8-7-11-17(14-15)23(24)25)22(3)21-19(20)16-9-5-4-6-10-16/h4-14H,1-3H3/q+1/b13-12+. The van der Waals surface area contributed by atoms with Crippen molar-refractivity contribution in [1.82, 2.24) is 0 Å². The van der Waals surface area contributed by atoms with Gasteiger partial charge in [-0.25, -0.2) is 0 Å². The average Bonchev–Trinajstić information content (AvgIpc) is 2.83. The van der Waals surface area contributed by atoms with Gasteiger partial charge in [0.05, 0.1) is 4.92 Å². The molecule has 0 aliphatic carbocycles. The van der Waals surface area contributed by atoms with E-state index in [9.17, 15) is 10.1 Å². The third-order valence-corrected chi connectivity index (χ3v) is 4.39. The Morgan fingerprint density at radius 1 is 1.08 bits per heavy atom. The molecule has 0 unspecified atom stereocenters. The molecule has 1 aliphatic rings. The number of hydrogen-bond donors (Lipinski definition) is 0. The quantitative estimate of drug-likeness (QED) is 0.479. The lowest BCUT2D eigenvalue weighted by atomic mass is 9.79. The number of rotatable bonds is 4. The Hall–Kier alpha value is -3.08.